The van der Waals surface area contributed by atoms with Gasteiger partial charge in [0.05, 0.1) is 5.56 Å². The highest BCUT2D eigenvalue weighted by atomic mass is 19.4. The molecule has 1 aromatic heterocycles. The van der Waals surface area contributed by atoms with E-state index in [4.69, 9.17) is 5.11 Å². The van der Waals surface area contributed by atoms with Crippen LogP contribution in [-0.2, 0) is 6.18 Å². The lowest BCUT2D eigenvalue weighted by molar-refractivity contribution is -0.137. The Labute approximate surface area is 138 Å². The average Bonchev–Trinajstić information content (AvgIpc) is 2.54. The summed E-state index contributed by atoms with van der Waals surface area (Å²) in [4.78, 5) is 25.3. The van der Waals surface area contributed by atoms with Crippen molar-refractivity contribution in [3.63, 3.8) is 0 Å². The number of alkyl halides is 3. The van der Waals surface area contributed by atoms with E-state index in [1.165, 1.54) is 42.5 Å². The Morgan fingerprint density at radius 3 is 2.48 bits per heavy atom. The van der Waals surface area contributed by atoms with Crippen LogP contribution >= 0.6 is 0 Å². The molecule has 0 saturated heterocycles. The Morgan fingerprint density at radius 1 is 1.08 bits per heavy atom. The topological polar surface area (TPSA) is 82.2 Å². The molecule has 0 atom stereocenters. The normalized spacial score (nSPS) is 11.5. The van der Waals surface area contributed by atoms with Crippen molar-refractivity contribution in [3.8, 4) is 11.3 Å². The fraction of sp³-hybridized carbons (Fsp3) is 0.0588. The van der Waals surface area contributed by atoms with Crippen molar-refractivity contribution in [2.45, 2.75) is 6.18 Å². The number of rotatable bonds is 2. The Morgan fingerprint density at radius 2 is 1.80 bits per heavy atom. The lowest BCUT2D eigenvalue weighted by Crippen LogP contribution is -2.12. The molecule has 0 unspecified atom stereocenters. The minimum absolute atomic E-state index is 0.0318. The minimum Gasteiger partial charge on any atom is -0.465 e. The van der Waals surface area contributed by atoms with E-state index in [0.717, 1.165) is 6.07 Å². The molecule has 1 amide bonds. The Hall–Kier alpha value is -3.29. The maximum absolute atomic E-state index is 13.2. The van der Waals surface area contributed by atoms with Gasteiger partial charge >= 0.3 is 12.3 Å². The predicted molar refractivity (Wildman–Crippen MR) is 86.7 cm³/mol. The third-order valence-electron chi connectivity index (χ3n) is 3.62. The maximum atomic E-state index is 13.2. The zero-order valence-electron chi connectivity index (χ0n) is 12.5. The highest BCUT2D eigenvalue weighted by Crippen LogP contribution is 2.36. The molecular weight excluding hydrogens is 337 g/mol. The van der Waals surface area contributed by atoms with Gasteiger partial charge in [0.1, 0.15) is 0 Å². The molecule has 0 aliphatic carbocycles. The Kier molecular flexibility index (Phi) is 3.96. The largest absolute Gasteiger partial charge is 0.465 e. The number of benzene rings is 2. The van der Waals surface area contributed by atoms with E-state index in [2.05, 4.69) is 10.3 Å². The summed E-state index contributed by atoms with van der Waals surface area (Å²) in [6.07, 6.45) is -5.84. The summed E-state index contributed by atoms with van der Waals surface area (Å²) < 4.78 is 39.5. The number of carboxylic acid groups (broad SMARTS) is 1. The van der Waals surface area contributed by atoms with Crippen molar-refractivity contribution in [1.82, 2.24) is 4.98 Å². The molecule has 3 N–H and O–H groups in total. The monoisotopic (exact) mass is 348 g/mol. The van der Waals surface area contributed by atoms with E-state index in [1.807, 2.05) is 0 Å². The predicted octanol–water partition coefficient (Wildman–Crippen LogP) is 4.30. The first-order valence-electron chi connectivity index (χ1n) is 7.09. The first-order chi connectivity index (χ1) is 11.8. The summed E-state index contributed by atoms with van der Waals surface area (Å²) >= 11 is 0. The van der Waals surface area contributed by atoms with Crippen molar-refractivity contribution < 1.29 is 23.1 Å². The van der Waals surface area contributed by atoms with E-state index >= 15 is 0 Å². The number of fused-ring (bicyclic) bond motifs is 1. The van der Waals surface area contributed by atoms with Crippen molar-refractivity contribution in [2.24, 2.45) is 0 Å². The van der Waals surface area contributed by atoms with Crippen molar-refractivity contribution in [3.05, 3.63) is 64.4 Å². The third-order valence-corrected chi connectivity index (χ3v) is 3.62. The fourth-order valence-electron chi connectivity index (χ4n) is 2.57. The first-order valence-corrected chi connectivity index (χ1v) is 7.09. The van der Waals surface area contributed by atoms with Gasteiger partial charge in [0, 0.05) is 22.3 Å². The number of aromatic amines is 1. The fourth-order valence-corrected chi connectivity index (χ4v) is 2.57. The van der Waals surface area contributed by atoms with Gasteiger partial charge in [-0.3, -0.25) is 10.1 Å². The van der Waals surface area contributed by atoms with Crippen LogP contribution < -0.4 is 10.9 Å². The van der Waals surface area contributed by atoms with Gasteiger partial charge in [0.15, 0.2) is 0 Å². The van der Waals surface area contributed by atoms with Gasteiger partial charge in [0.2, 0.25) is 0 Å². The van der Waals surface area contributed by atoms with Crippen LogP contribution in [0, 0.1) is 0 Å². The average molecular weight is 348 g/mol. The number of aromatic nitrogens is 1. The number of halogens is 3. The number of H-pyrrole nitrogens is 1. The first kappa shape index (κ1) is 16.6. The molecule has 3 aromatic rings. The van der Waals surface area contributed by atoms with Gasteiger partial charge in [-0.05, 0) is 29.7 Å². The van der Waals surface area contributed by atoms with Crippen LogP contribution in [0.1, 0.15) is 5.56 Å². The molecule has 0 aliphatic heterocycles. The van der Waals surface area contributed by atoms with E-state index in [-0.39, 0.29) is 22.3 Å². The number of amides is 1. The van der Waals surface area contributed by atoms with Crippen LogP contribution in [0.4, 0.5) is 23.7 Å². The van der Waals surface area contributed by atoms with E-state index in [0.29, 0.717) is 5.39 Å². The van der Waals surface area contributed by atoms with Crippen LogP contribution in [0.25, 0.3) is 22.0 Å². The van der Waals surface area contributed by atoms with Crippen LogP contribution in [-0.4, -0.2) is 16.2 Å². The van der Waals surface area contributed by atoms with Gasteiger partial charge in [0.25, 0.3) is 5.56 Å². The zero-order chi connectivity index (χ0) is 18.2. The number of hydrogen-bond donors (Lipinski definition) is 3. The van der Waals surface area contributed by atoms with Gasteiger partial charge < -0.3 is 10.1 Å². The van der Waals surface area contributed by atoms with E-state index in [9.17, 15) is 22.8 Å². The van der Waals surface area contributed by atoms with Crippen molar-refractivity contribution in [1.29, 1.82) is 0 Å². The number of pyridine rings is 1. The second-order valence-corrected chi connectivity index (χ2v) is 5.29. The summed E-state index contributed by atoms with van der Waals surface area (Å²) in [7, 11) is 0. The van der Waals surface area contributed by atoms with Crippen LogP contribution in [0.5, 0.6) is 0 Å². The van der Waals surface area contributed by atoms with Crippen LogP contribution in [0.15, 0.2) is 53.3 Å². The second kappa shape index (κ2) is 5.97. The molecule has 25 heavy (non-hydrogen) atoms. The number of hydrogen-bond acceptors (Lipinski definition) is 2. The number of anilines is 1. The molecule has 0 saturated carbocycles. The number of carbonyl (C=O) groups is 1. The summed E-state index contributed by atoms with van der Waals surface area (Å²) in [5.41, 5.74) is -1.38. The molecular formula is C17H11F3N2O3. The van der Waals surface area contributed by atoms with Crippen molar-refractivity contribution in [2.75, 3.05) is 5.32 Å². The molecule has 0 bridgehead atoms. The van der Waals surface area contributed by atoms with Gasteiger partial charge in [-0.15, -0.1) is 0 Å². The molecule has 3 rings (SSSR count). The lowest BCUT2D eigenvalue weighted by Gasteiger charge is -2.13. The minimum atomic E-state index is -4.56. The Bertz CT molecular complexity index is 1030. The van der Waals surface area contributed by atoms with Crippen LogP contribution in [0.3, 0.4) is 0 Å². The quantitative estimate of drug-likeness (QED) is 0.646. The molecule has 1 heterocycles. The van der Waals surface area contributed by atoms with E-state index in [1.54, 1.807) is 0 Å². The molecule has 0 radical (unpaired) electrons. The molecule has 128 valence electrons. The molecule has 0 spiro atoms. The third kappa shape index (κ3) is 3.32. The molecule has 2 aromatic carbocycles. The van der Waals surface area contributed by atoms with Crippen molar-refractivity contribution >= 4 is 22.6 Å². The maximum Gasteiger partial charge on any atom is 0.417 e. The Balaban J connectivity index is 2.18. The number of nitrogens with one attached hydrogen (secondary N) is 2. The van der Waals surface area contributed by atoms with Gasteiger partial charge in [-0.2, -0.15) is 13.2 Å². The molecule has 0 fully saturated rings. The summed E-state index contributed by atoms with van der Waals surface area (Å²) in [6, 6.07) is 10.6. The zero-order valence-corrected chi connectivity index (χ0v) is 12.5. The van der Waals surface area contributed by atoms with Crippen LogP contribution in [0.2, 0.25) is 0 Å². The lowest BCUT2D eigenvalue weighted by atomic mass is 10.0. The molecule has 8 heteroatoms. The van der Waals surface area contributed by atoms with Gasteiger partial charge in [-0.25, -0.2) is 4.79 Å². The molecule has 0 aliphatic rings. The summed E-state index contributed by atoms with van der Waals surface area (Å²) in [6.45, 7) is 0. The SMILES string of the molecule is O=C(O)Nc1ccc2cc(-c3ccccc3C(F)(F)F)[nH]c(=O)c2c1. The smallest absolute Gasteiger partial charge is 0.417 e. The molecule has 5 nitrogen and oxygen atoms in total. The summed E-state index contributed by atoms with van der Waals surface area (Å²) in [5, 5.41) is 11.4. The van der Waals surface area contributed by atoms with Gasteiger partial charge in [-0.1, -0.05) is 24.3 Å². The van der Waals surface area contributed by atoms with E-state index < -0.39 is 23.4 Å². The summed E-state index contributed by atoms with van der Waals surface area (Å²) in [5.74, 6) is 0. The highest BCUT2D eigenvalue weighted by molar-refractivity contribution is 5.91. The standard InChI is InChI=1S/C17H11F3N2O3/c18-17(19,20)13-4-2-1-3-11(13)14-7-9-5-6-10(21-16(24)25)8-12(9)15(23)22-14/h1-8,21H,(H,22,23)(H,24,25). The highest BCUT2D eigenvalue weighted by Gasteiger charge is 2.33. The second-order valence-electron chi connectivity index (χ2n) is 5.29.